The lowest BCUT2D eigenvalue weighted by Gasteiger charge is -2.06. The van der Waals surface area contributed by atoms with Gasteiger partial charge in [0.05, 0.1) is 91.1 Å². The molecule has 23 heteroatoms. The van der Waals surface area contributed by atoms with Crippen molar-refractivity contribution in [2.24, 2.45) is 5.73 Å². The molecule has 0 atom stereocenters. The van der Waals surface area contributed by atoms with Gasteiger partial charge in [-0.15, -0.1) is 10.2 Å². The molecule has 10 aromatic rings. The van der Waals surface area contributed by atoms with Crippen LogP contribution in [-0.4, -0.2) is 85.2 Å². The van der Waals surface area contributed by atoms with E-state index in [-0.39, 0.29) is 48.6 Å². The lowest BCUT2D eigenvalue weighted by molar-refractivity contribution is -0.118. The predicted octanol–water partition coefficient (Wildman–Crippen LogP) is 6.04. The van der Waals surface area contributed by atoms with E-state index in [1.807, 2.05) is 42.4 Å². The Bertz CT molecular complexity index is 3770. The fraction of sp³-hybridized carbons (Fsp3) is 0.280. The lowest BCUT2D eigenvalue weighted by Crippen LogP contribution is -2.23. The number of nitrogens with two attached hydrogens (primary N) is 1. The molecule has 12 rings (SSSR count). The quantitative estimate of drug-likeness (QED) is 0.0944. The van der Waals surface area contributed by atoms with Crippen LogP contribution in [-0.2, 0) is 43.8 Å². The first-order valence-corrected chi connectivity index (χ1v) is 24.5. The number of carbonyl (C=O) groups is 3. The van der Waals surface area contributed by atoms with Gasteiger partial charge in [-0.1, -0.05) is 45.8 Å². The van der Waals surface area contributed by atoms with Crippen molar-refractivity contribution in [3.05, 3.63) is 165 Å². The minimum Gasteiger partial charge on any atom is -0.370 e. The summed E-state index contributed by atoms with van der Waals surface area (Å²) in [6.45, 7) is 1.19. The number of nitrogens with zero attached hydrogens (tertiary/aromatic N) is 15. The molecule has 21 nitrogen and oxygen atoms in total. The van der Waals surface area contributed by atoms with E-state index in [0.717, 1.165) is 44.8 Å². The van der Waals surface area contributed by atoms with Gasteiger partial charge < -0.3 is 34.0 Å². The molecule has 3 amide bonds. The summed E-state index contributed by atoms with van der Waals surface area (Å²) in [5.41, 5.74) is 16.7. The van der Waals surface area contributed by atoms with Crippen molar-refractivity contribution in [1.82, 2.24) is 78.2 Å². The van der Waals surface area contributed by atoms with Crippen LogP contribution in [0.3, 0.4) is 0 Å². The molecule has 2 aliphatic carbocycles. The number of imidazole rings is 4. The Morgan fingerprint density at radius 1 is 0.658 bits per heavy atom. The number of hydrogen-bond donors (Lipinski definition) is 3. The first kappa shape index (κ1) is 46.9. The summed E-state index contributed by atoms with van der Waals surface area (Å²) in [7, 11) is 0. The molecular formula is C50H46Cl2N18O3. The Kier molecular flexibility index (Phi) is 12.8. The average molecular weight is 1020 g/mol. The lowest BCUT2D eigenvalue weighted by atomic mass is 10.1. The molecule has 0 aliphatic heterocycles. The van der Waals surface area contributed by atoms with Crippen LogP contribution < -0.4 is 16.4 Å². The van der Waals surface area contributed by atoms with Crippen LogP contribution in [0.15, 0.2) is 98.6 Å². The maximum atomic E-state index is 12.7. The summed E-state index contributed by atoms with van der Waals surface area (Å²) in [6.07, 6.45) is 25.0. The highest BCUT2D eigenvalue weighted by molar-refractivity contribution is 6.31. The third-order valence-electron chi connectivity index (χ3n) is 12.8. The van der Waals surface area contributed by atoms with Crippen LogP contribution in [0.25, 0.3) is 22.3 Å². The molecule has 0 bridgehead atoms. The second-order valence-electron chi connectivity index (χ2n) is 18.3. The van der Waals surface area contributed by atoms with E-state index in [0.29, 0.717) is 65.6 Å². The number of fused-ring (bicyclic) bond motifs is 4. The van der Waals surface area contributed by atoms with E-state index in [1.54, 1.807) is 58.7 Å². The number of aromatic nitrogens is 14. The van der Waals surface area contributed by atoms with Gasteiger partial charge >= 0.3 is 0 Å². The highest BCUT2D eigenvalue weighted by Crippen LogP contribution is 2.41. The van der Waals surface area contributed by atoms with E-state index in [2.05, 4.69) is 71.8 Å². The SMILES string of the molecule is N#CCCc1cc(C2CC2)cn2cc(Cn3cc(C(=O)NCc4ncn5ccc(Cl)cc45)nn3)nc12.NC(=O)CCc1cc(C2CC2)cn2cc(Cn3cc(C(=O)NCc4ncn5ccc(Cl)cc45)nn3)nc12. The number of carbonyl (C=O) groups excluding carboxylic acids is 3. The summed E-state index contributed by atoms with van der Waals surface area (Å²) >= 11 is 12.2. The van der Waals surface area contributed by atoms with E-state index < -0.39 is 0 Å². The summed E-state index contributed by atoms with van der Waals surface area (Å²) < 4.78 is 10.9. The van der Waals surface area contributed by atoms with Crippen molar-refractivity contribution in [1.29, 1.82) is 5.26 Å². The number of nitriles is 1. The number of aryl methyl sites for hydroxylation is 2. The maximum Gasteiger partial charge on any atom is 0.273 e. The zero-order chi connectivity index (χ0) is 50.2. The van der Waals surface area contributed by atoms with E-state index in [9.17, 15) is 14.4 Å². The summed E-state index contributed by atoms with van der Waals surface area (Å²) in [6, 6.07) is 13.7. The Balaban J connectivity index is 0.000000157. The highest BCUT2D eigenvalue weighted by atomic mass is 35.5. The molecular weight excluding hydrogens is 972 g/mol. The number of amides is 3. The van der Waals surface area contributed by atoms with Crippen molar-refractivity contribution in [3.8, 4) is 6.07 Å². The minimum atomic E-state index is -0.354. The highest BCUT2D eigenvalue weighted by Gasteiger charge is 2.27. The first-order chi connectivity index (χ1) is 35.5. The Morgan fingerprint density at radius 2 is 1.14 bits per heavy atom. The molecule has 0 unspecified atom stereocenters. The number of hydrogen-bond acceptors (Lipinski definition) is 12. The molecule has 0 radical (unpaired) electrons. The molecule has 2 fully saturated rings. The van der Waals surface area contributed by atoms with Crippen LogP contribution in [0.5, 0.6) is 0 Å². The van der Waals surface area contributed by atoms with Gasteiger partial charge in [-0.25, -0.2) is 29.3 Å². The molecule has 0 saturated heterocycles. The standard InChI is InChI=1S/C25H24ClN9O2.C25H22ClN9O/c26-18-5-6-33-14-29-20(22(33)8-18)9-28-25(37)21-13-35(32-31-21)12-19-11-34-10-17(15-1-2-15)7-16(24(34)30-19)3-4-23(27)36;26-19-5-7-33-15-29-21(23(33)9-19)10-28-25(36)22-14-35(32-31-22)13-20-12-34-11-18(16-3-4-16)8-17(2-1-6-27)24(34)30-20/h5-8,10-11,13-15H,1-4,9,12H2,(H2,27,36)(H,28,37);5,7-9,11-12,14-16H,1-4,10,13H2,(H,28,36). The van der Waals surface area contributed by atoms with Gasteiger partial charge in [0.15, 0.2) is 11.4 Å². The predicted molar refractivity (Wildman–Crippen MR) is 267 cm³/mol. The molecule has 0 aromatic carbocycles. The second-order valence-corrected chi connectivity index (χ2v) is 19.2. The molecule has 0 spiro atoms. The molecule has 2 saturated carbocycles. The van der Waals surface area contributed by atoms with E-state index >= 15 is 0 Å². The van der Waals surface area contributed by atoms with Crippen LogP contribution in [0, 0.1) is 11.3 Å². The fourth-order valence-electron chi connectivity index (χ4n) is 8.84. The van der Waals surface area contributed by atoms with Crippen LogP contribution in [0.4, 0.5) is 0 Å². The second kappa shape index (κ2) is 20.0. The molecule has 4 N–H and O–H groups in total. The van der Waals surface area contributed by atoms with Gasteiger partial charge in [-0.05, 0) is 96.9 Å². The van der Waals surface area contributed by atoms with Crippen molar-refractivity contribution in [3.63, 3.8) is 0 Å². The summed E-state index contributed by atoms with van der Waals surface area (Å²) in [5.74, 6) is 0.144. The Hall–Kier alpha value is -8.48. The van der Waals surface area contributed by atoms with Crippen LogP contribution in [0.1, 0.15) is 116 Å². The van der Waals surface area contributed by atoms with Crippen LogP contribution in [0.2, 0.25) is 10.0 Å². The largest absolute Gasteiger partial charge is 0.370 e. The van der Waals surface area contributed by atoms with Gasteiger partial charge in [0.1, 0.15) is 11.3 Å². The molecule has 10 heterocycles. The molecule has 73 heavy (non-hydrogen) atoms. The Morgan fingerprint density at radius 3 is 1.59 bits per heavy atom. The van der Waals surface area contributed by atoms with E-state index in [1.165, 1.54) is 36.8 Å². The average Bonchev–Trinajstić information content (AvgIpc) is 3.98. The Labute approximate surface area is 425 Å². The van der Waals surface area contributed by atoms with Gasteiger partial charge in [0.25, 0.3) is 11.8 Å². The molecule has 2 aliphatic rings. The number of rotatable bonds is 17. The van der Waals surface area contributed by atoms with Crippen LogP contribution >= 0.6 is 23.2 Å². The first-order valence-electron chi connectivity index (χ1n) is 23.7. The fourth-order valence-corrected chi connectivity index (χ4v) is 9.16. The van der Waals surface area contributed by atoms with Crippen molar-refractivity contribution >= 4 is 63.3 Å². The van der Waals surface area contributed by atoms with Crippen molar-refractivity contribution in [2.45, 2.75) is 89.4 Å². The normalized spacial score (nSPS) is 13.4. The van der Waals surface area contributed by atoms with Crippen molar-refractivity contribution in [2.75, 3.05) is 0 Å². The maximum absolute atomic E-state index is 12.7. The van der Waals surface area contributed by atoms with Gasteiger partial charge in [0, 0.05) is 60.1 Å². The van der Waals surface area contributed by atoms with Gasteiger partial charge in [0.2, 0.25) is 5.91 Å². The number of pyridine rings is 4. The zero-order valence-corrected chi connectivity index (χ0v) is 40.7. The van der Waals surface area contributed by atoms with Gasteiger partial charge in [-0.3, -0.25) is 14.4 Å². The third-order valence-corrected chi connectivity index (χ3v) is 13.3. The number of halogens is 2. The third kappa shape index (κ3) is 10.6. The summed E-state index contributed by atoms with van der Waals surface area (Å²) in [5, 5.41) is 32.2. The summed E-state index contributed by atoms with van der Waals surface area (Å²) in [4.78, 5) is 55.0. The molecule has 10 aromatic heterocycles. The van der Waals surface area contributed by atoms with E-state index in [4.69, 9.17) is 44.2 Å². The minimum absolute atomic E-state index is 0.198. The van der Waals surface area contributed by atoms with Crippen molar-refractivity contribution < 1.29 is 14.4 Å². The number of nitrogens with one attached hydrogen (secondary N) is 2. The smallest absolute Gasteiger partial charge is 0.273 e. The topological polar surface area (TPSA) is 256 Å². The zero-order valence-electron chi connectivity index (χ0n) is 39.1. The number of primary amides is 1. The molecule has 368 valence electrons. The monoisotopic (exact) mass is 1020 g/mol. The van der Waals surface area contributed by atoms with Gasteiger partial charge in [-0.2, -0.15) is 5.26 Å².